The first-order chi connectivity index (χ1) is 11.7. The van der Waals surface area contributed by atoms with Gasteiger partial charge in [0, 0.05) is 12.6 Å². The van der Waals surface area contributed by atoms with Crippen LogP contribution in [-0.4, -0.2) is 31.0 Å². The van der Waals surface area contributed by atoms with Crippen LogP contribution in [0.5, 0.6) is 0 Å². The third-order valence-corrected chi connectivity index (χ3v) is 4.60. The van der Waals surface area contributed by atoms with Gasteiger partial charge in [-0.2, -0.15) is 9.50 Å². The molecule has 1 saturated heterocycles. The number of nitrogens with zero attached hydrogens (tertiary/aromatic N) is 4. The van der Waals surface area contributed by atoms with E-state index < -0.39 is 0 Å². The Morgan fingerprint density at radius 3 is 3.08 bits per heavy atom. The third-order valence-electron chi connectivity index (χ3n) is 4.60. The predicted octanol–water partition coefficient (Wildman–Crippen LogP) is 2.44. The smallest absolute Gasteiger partial charge is 0.274 e. The Labute approximate surface area is 139 Å². The maximum Gasteiger partial charge on any atom is 0.274 e. The minimum atomic E-state index is -0.125. The Balaban J connectivity index is 1.65. The normalized spacial score (nSPS) is 19.6. The molecule has 1 aliphatic heterocycles. The molecular weight excluding hydrogens is 306 g/mol. The summed E-state index contributed by atoms with van der Waals surface area (Å²) >= 11 is 0. The van der Waals surface area contributed by atoms with Crippen molar-refractivity contribution in [3.8, 4) is 0 Å². The molecule has 24 heavy (non-hydrogen) atoms. The standard InChI is InChI=1S/C17H21N5O2/c1-12-18-17-19-13(10-16(23)22(17)20-12)11-21-8-4-2-3-6-14(21)15-7-5-9-24-15/h5,7,9-10,14H,2-4,6,8,11H2,1H3,(H,18,19,20)/t14-/m1/s1. The third kappa shape index (κ3) is 2.87. The molecule has 4 rings (SSSR count). The molecule has 0 bridgehead atoms. The number of rotatable bonds is 3. The second-order valence-corrected chi connectivity index (χ2v) is 6.38. The van der Waals surface area contributed by atoms with Crippen LogP contribution in [0.4, 0.5) is 0 Å². The second kappa shape index (κ2) is 6.24. The van der Waals surface area contributed by atoms with Crippen molar-refractivity contribution >= 4 is 5.78 Å². The number of aryl methyl sites for hydroxylation is 1. The van der Waals surface area contributed by atoms with Crippen LogP contribution < -0.4 is 5.56 Å². The molecule has 126 valence electrons. The topological polar surface area (TPSA) is 79.4 Å². The lowest BCUT2D eigenvalue weighted by Gasteiger charge is -2.27. The fourth-order valence-electron chi connectivity index (χ4n) is 3.48. The Morgan fingerprint density at radius 2 is 2.25 bits per heavy atom. The molecule has 0 aromatic carbocycles. The number of aromatic amines is 1. The summed E-state index contributed by atoms with van der Waals surface area (Å²) in [6, 6.07) is 5.80. The first-order valence-electron chi connectivity index (χ1n) is 8.43. The van der Waals surface area contributed by atoms with Crippen LogP contribution in [-0.2, 0) is 6.54 Å². The molecule has 0 saturated carbocycles. The van der Waals surface area contributed by atoms with E-state index in [0.717, 1.165) is 30.8 Å². The largest absolute Gasteiger partial charge is 0.468 e. The van der Waals surface area contributed by atoms with E-state index in [1.807, 2.05) is 19.1 Å². The summed E-state index contributed by atoms with van der Waals surface area (Å²) in [7, 11) is 0. The molecule has 3 aromatic rings. The maximum atomic E-state index is 12.2. The highest BCUT2D eigenvalue weighted by Gasteiger charge is 2.25. The molecular formula is C17H21N5O2. The predicted molar refractivity (Wildman–Crippen MR) is 88.7 cm³/mol. The molecule has 1 aliphatic rings. The Morgan fingerprint density at radius 1 is 1.33 bits per heavy atom. The van der Waals surface area contributed by atoms with Gasteiger partial charge >= 0.3 is 0 Å². The zero-order valence-corrected chi connectivity index (χ0v) is 13.7. The summed E-state index contributed by atoms with van der Waals surface area (Å²) in [5.41, 5.74) is 0.630. The number of furan rings is 1. The maximum absolute atomic E-state index is 12.2. The van der Waals surface area contributed by atoms with E-state index in [2.05, 4.69) is 20.0 Å². The molecule has 0 unspecified atom stereocenters. The van der Waals surface area contributed by atoms with Gasteiger partial charge in [0.1, 0.15) is 11.6 Å². The van der Waals surface area contributed by atoms with Crippen LogP contribution in [0.3, 0.4) is 0 Å². The van der Waals surface area contributed by atoms with Gasteiger partial charge in [0.05, 0.1) is 18.0 Å². The Kier molecular flexibility index (Phi) is 3.93. The number of nitrogens with one attached hydrogen (secondary N) is 1. The number of hydrogen-bond acceptors (Lipinski definition) is 5. The summed E-state index contributed by atoms with van der Waals surface area (Å²) in [5, 5.41) is 2.90. The van der Waals surface area contributed by atoms with Gasteiger partial charge in [0.15, 0.2) is 0 Å². The van der Waals surface area contributed by atoms with Crippen molar-refractivity contribution in [3.63, 3.8) is 0 Å². The number of likely N-dealkylation sites (tertiary alicyclic amines) is 1. The summed E-state index contributed by atoms with van der Waals surface area (Å²) in [5.74, 6) is 2.10. The fourth-order valence-corrected chi connectivity index (χ4v) is 3.48. The van der Waals surface area contributed by atoms with Crippen LogP contribution in [0.15, 0.2) is 33.7 Å². The van der Waals surface area contributed by atoms with Crippen molar-refractivity contribution in [2.45, 2.75) is 45.2 Å². The van der Waals surface area contributed by atoms with E-state index in [-0.39, 0.29) is 11.6 Å². The zero-order valence-electron chi connectivity index (χ0n) is 13.7. The van der Waals surface area contributed by atoms with Crippen LogP contribution in [0.2, 0.25) is 0 Å². The average Bonchev–Trinajstić information content (AvgIpc) is 3.14. The Bertz CT molecular complexity index is 880. The van der Waals surface area contributed by atoms with Crippen molar-refractivity contribution < 1.29 is 4.42 Å². The van der Waals surface area contributed by atoms with Gasteiger partial charge in [-0.3, -0.25) is 14.8 Å². The molecule has 0 spiro atoms. The van der Waals surface area contributed by atoms with E-state index in [9.17, 15) is 4.79 Å². The van der Waals surface area contributed by atoms with Crippen LogP contribution in [0.1, 0.15) is 49.0 Å². The molecule has 1 fully saturated rings. The van der Waals surface area contributed by atoms with Gasteiger partial charge in [0.2, 0.25) is 0 Å². The van der Waals surface area contributed by atoms with Gasteiger partial charge < -0.3 is 4.42 Å². The van der Waals surface area contributed by atoms with E-state index in [1.54, 1.807) is 12.3 Å². The first-order valence-corrected chi connectivity index (χ1v) is 8.43. The molecule has 0 amide bonds. The monoisotopic (exact) mass is 327 g/mol. The highest BCUT2D eigenvalue weighted by Crippen LogP contribution is 2.31. The number of fused-ring (bicyclic) bond motifs is 1. The second-order valence-electron chi connectivity index (χ2n) is 6.38. The molecule has 0 aliphatic carbocycles. The minimum absolute atomic E-state index is 0.125. The molecule has 7 nitrogen and oxygen atoms in total. The highest BCUT2D eigenvalue weighted by atomic mass is 16.3. The quantitative estimate of drug-likeness (QED) is 0.799. The van der Waals surface area contributed by atoms with E-state index >= 15 is 0 Å². The van der Waals surface area contributed by atoms with Gasteiger partial charge in [-0.05, 0) is 38.4 Å². The lowest BCUT2D eigenvalue weighted by Crippen LogP contribution is -2.29. The molecule has 4 heterocycles. The van der Waals surface area contributed by atoms with Crippen molar-refractivity contribution in [2.24, 2.45) is 0 Å². The SMILES string of the molecule is Cc1nc2nc(CN3CCCCC[C@@H]3c3ccco3)cc(=O)n2[nH]1. The fraction of sp³-hybridized carbons (Fsp3) is 0.471. The van der Waals surface area contributed by atoms with Crippen LogP contribution in [0, 0.1) is 6.92 Å². The number of H-pyrrole nitrogens is 1. The summed E-state index contributed by atoms with van der Waals surface area (Å²) in [6.07, 6.45) is 6.36. The van der Waals surface area contributed by atoms with Crippen molar-refractivity contribution in [3.05, 3.63) is 52.1 Å². The minimum Gasteiger partial charge on any atom is -0.468 e. The van der Waals surface area contributed by atoms with Crippen molar-refractivity contribution in [1.29, 1.82) is 0 Å². The van der Waals surface area contributed by atoms with E-state index in [4.69, 9.17) is 4.42 Å². The average molecular weight is 327 g/mol. The van der Waals surface area contributed by atoms with Crippen molar-refractivity contribution in [1.82, 2.24) is 24.5 Å². The number of aromatic nitrogens is 4. The van der Waals surface area contributed by atoms with E-state index in [1.165, 1.54) is 17.4 Å². The van der Waals surface area contributed by atoms with Crippen LogP contribution in [0.25, 0.3) is 5.78 Å². The number of hydrogen-bond donors (Lipinski definition) is 1. The van der Waals surface area contributed by atoms with Gasteiger partial charge in [0.25, 0.3) is 11.3 Å². The van der Waals surface area contributed by atoms with E-state index in [0.29, 0.717) is 18.1 Å². The Hall–Kier alpha value is -2.41. The molecule has 1 atom stereocenters. The molecule has 0 radical (unpaired) electrons. The molecule has 7 heteroatoms. The molecule has 1 N–H and O–H groups in total. The zero-order chi connectivity index (χ0) is 16.5. The first kappa shape index (κ1) is 15.1. The van der Waals surface area contributed by atoms with Crippen LogP contribution >= 0.6 is 0 Å². The summed E-state index contributed by atoms with van der Waals surface area (Å²) in [4.78, 5) is 23.4. The summed E-state index contributed by atoms with van der Waals surface area (Å²) < 4.78 is 7.03. The van der Waals surface area contributed by atoms with Gasteiger partial charge in [-0.25, -0.2) is 4.98 Å². The van der Waals surface area contributed by atoms with Gasteiger partial charge in [-0.1, -0.05) is 12.8 Å². The lowest BCUT2D eigenvalue weighted by atomic mass is 10.1. The summed E-state index contributed by atoms with van der Waals surface area (Å²) in [6.45, 7) is 3.42. The highest BCUT2D eigenvalue weighted by molar-refractivity contribution is 5.27. The molecule has 3 aromatic heterocycles. The lowest BCUT2D eigenvalue weighted by molar-refractivity contribution is 0.167. The van der Waals surface area contributed by atoms with Gasteiger partial charge in [-0.15, -0.1) is 0 Å². The van der Waals surface area contributed by atoms with Crippen molar-refractivity contribution in [2.75, 3.05) is 6.54 Å².